The average Bonchev–Trinajstić information content (AvgIpc) is 3.31. The number of aryl methyl sites for hydroxylation is 4. The summed E-state index contributed by atoms with van der Waals surface area (Å²) >= 11 is 0. The van der Waals surface area contributed by atoms with Crippen LogP contribution in [0.4, 0.5) is 0 Å². The molecule has 0 unspecified atom stereocenters. The van der Waals surface area contributed by atoms with E-state index in [1.807, 2.05) is 76.2 Å². The van der Waals surface area contributed by atoms with E-state index in [4.69, 9.17) is 0 Å². The summed E-state index contributed by atoms with van der Waals surface area (Å²) in [4.78, 5) is 0.398. The molecule has 68 heavy (non-hydrogen) atoms. The Morgan fingerprint density at radius 2 is 0.529 bits per heavy atom. The minimum atomic E-state index is -4.14. The highest BCUT2D eigenvalue weighted by atomic mass is 32.2. The third-order valence-corrected chi connectivity index (χ3v) is 19.9. The van der Waals surface area contributed by atoms with Crippen molar-refractivity contribution >= 4 is 40.1 Å². The molecule has 0 N–H and O–H groups in total. The first-order chi connectivity index (χ1) is 32.4. The fraction of sp³-hybridized carbons (Fsp3) is 0.308. The molecule has 0 fully saturated rings. The van der Waals surface area contributed by atoms with Crippen LogP contribution in [0.1, 0.15) is 59.1 Å². The molecule has 1 aliphatic rings. The van der Waals surface area contributed by atoms with Crippen LogP contribution in [0.25, 0.3) is 11.1 Å². The minimum absolute atomic E-state index is 0.00270. The van der Waals surface area contributed by atoms with Crippen molar-refractivity contribution in [2.24, 2.45) is 0 Å². The molecule has 0 saturated carbocycles. The van der Waals surface area contributed by atoms with Gasteiger partial charge in [-0.25, -0.2) is 33.7 Å². The molecule has 0 amide bonds. The van der Waals surface area contributed by atoms with Crippen molar-refractivity contribution in [3.63, 3.8) is 0 Å². The maximum absolute atomic E-state index is 14.7. The fourth-order valence-corrected chi connectivity index (χ4v) is 14.3. The van der Waals surface area contributed by atoms with Crippen LogP contribution in [0.2, 0.25) is 0 Å². The van der Waals surface area contributed by atoms with Gasteiger partial charge in [0, 0.05) is 52.4 Å². The molecule has 16 heteroatoms. The lowest BCUT2D eigenvalue weighted by atomic mass is 9.95. The second-order valence-electron chi connectivity index (χ2n) is 17.5. The Kier molecular flexibility index (Phi) is 16.2. The molecule has 0 aliphatic carbocycles. The Morgan fingerprint density at radius 3 is 0.824 bits per heavy atom. The second-order valence-corrected chi connectivity index (χ2v) is 25.2. The van der Waals surface area contributed by atoms with Crippen molar-refractivity contribution in [2.75, 3.05) is 39.3 Å². The van der Waals surface area contributed by atoms with Crippen LogP contribution in [0.15, 0.2) is 165 Å². The highest BCUT2D eigenvalue weighted by molar-refractivity contribution is 7.90. The summed E-state index contributed by atoms with van der Waals surface area (Å²) in [6.45, 7) is 7.40. The van der Waals surface area contributed by atoms with Gasteiger partial charge in [0.05, 0.1) is 19.6 Å². The van der Waals surface area contributed by atoms with Gasteiger partial charge in [-0.3, -0.25) is 0 Å². The SMILES string of the molecule is Cc1ccc(S(=O)(=O)N2CCCCN(S(=O)(=O)c3ccc(C)cc3)CCCN(S(=O)(=O)c3ccc(C)cc3)Cc3ccccc3-c3ccccc3CN(S(=O)(=O)c3ccc(C)cc3)CCC2)cc1. The molecule has 7 rings (SSSR count). The second kappa shape index (κ2) is 21.7. The lowest BCUT2D eigenvalue weighted by Gasteiger charge is -2.28. The maximum Gasteiger partial charge on any atom is 0.243 e. The van der Waals surface area contributed by atoms with Crippen molar-refractivity contribution in [3.05, 3.63) is 179 Å². The maximum atomic E-state index is 14.7. The molecule has 0 saturated heterocycles. The summed E-state index contributed by atoms with van der Waals surface area (Å²) in [7, 11) is -16.4. The smallest absolute Gasteiger partial charge is 0.207 e. The summed E-state index contributed by atoms with van der Waals surface area (Å²) in [5.74, 6) is 0. The third kappa shape index (κ3) is 11.9. The highest BCUT2D eigenvalue weighted by Crippen LogP contribution is 2.32. The van der Waals surface area contributed by atoms with Crippen molar-refractivity contribution < 1.29 is 33.7 Å². The van der Waals surface area contributed by atoms with Gasteiger partial charge in [-0.05, 0) is 124 Å². The summed E-state index contributed by atoms with van der Waals surface area (Å²) in [5.41, 5.74) is 6.30. The molecule has 1 aliphatic heterocycles. The Labute approximate surface area is 404 Å². The normalized spacial score (nSPS) is 16.6. The van der Waals surface area contributed by atoms with Crippen LogP contribution in [0, 0.1) is 27.7 Å². The number of benzene rings is 6. The number of rotatable bonds is 8. The van der Waals surface area contributed by atoms with Gasteiger partial charge in [0.25, 0.3) is 0 Å². The lowest BCUT2D eigenvalue weighted by molar-refractivity contribution is 0.333. The van der Waals surface area contributed by atoms with Gasteiger partial charge in [-0.15, -0.1) is 0 Å². The van der Waals surface area contributed by atoms with E-state index < -0.39 is 40.1 Å². The van der Waals surface area contributed by atoms with Crippen molar-refractivity contribution in [1.29, 1.82) is 0 Å². The fourth-order valence-electron chi connectivity index (χ4n) is 8.36. The average molecular weight is 997 g/mol. The zero-order valence-electron chi connectivity index (χ0n) is 39.0. The molecule has 360 valence electrons. The molecule has 0 spiro atoms. The van der Waals surface area contributed by atoms with Gasteiger partial charge in [-0.2, -0.15) is 17.2 Å². The van der Waals surface area contributed by atoms with E-state index >= 15 is 0 Å². The zero-order chi connectivity index (χ0) is 48.7. The third-order valence-electron chi connectivity index (χ3n) is 12.3. The largest absolute Gasteiger partial charge is 0.243 e. The van der Waals surface area contributed by atoms with Crippen molar-refractivity contribution in [3.8, 4) is 11.1 Å². The molecule has 6 aromatic carbocycles. The monoisotopic (exact) mass is 996 g/mol. The van der Waals surface area contributed by atoms with Crippen LogP contribution < -0.4 is 0 Å². The molecule has 0 bridgehead atoms. The van der Waals surface area contributed by atoms with Gasteiger partial charge in [-0.1, -0.05) is 119 Å². The first-order valence-electron chi connectivity index (χ1n) is 22.8. The predicted molar refractivity (Wildman–Crippen MR) is 268 cm³/mol. The standard InChI is InChI=1S/C52H60N4O8S4/c1-41-17-25-47(26-18-41)65(57,58)53-33-9-10-34-54(66(59,60)48-27-19-42(2)20-28-48)36-12-38-56(68(63,64)50-31-23-44(4)24-32-50)40-46-14-6-8-16-52(46)51-15-7-5-13-45(51)39-55(37-11-35-53)67(61,62)49-29-21-43(3)22-30-49/h5-8,13-32H,9-12,33-40H2,1-4H3. The summed E-state index contributed by atoms with van der Waals surface area (Å²) < 4.78 is 122. The first kappa shape index (κ1) is 50.8. The van der Waals surface area contributed by atoms with E-state index in [-0.39, 0.29) is 97.6 Å². The summed E-state index contributed by atoms with van der Waals surface area (Å²) in [5, 5.41) is 0. The van der Waals surface area contributed by atoms with Crippen molar-refractivity contribution in [1.82, 2.24) is 17.2 Å². The summed E-state index contributed by atoms with van der Waals surface area (Å²) in [6.07, 6.45) is 0.867. The van der Waals surface area contributed by atoms with Gasteiger partial charge >= 0.3 is 0 Å². The molecule has 0 aromatic heterocycles. The molecule has 6 aromatic rings. The van der Waals surface area contributed by atoms with Crippen LogP contribution in [-0.2, 0) is 53.2 Å². The predicted octanol–water partition coefficient (Wildman–Crippen LogP) is 8.92. The van der Waals surface area contributed by atoms with Crippen molar-refractivity contribution in [2.45, 2.75) is 86.0 Å². The number of fused-ring (bicyclic) bond motifs is 3. The Bertz CT molecular complexity index is 2920. The first-order valence-corrected chi connectivity index (χ1v) is 28.6. The van der Waals surface area contributed by atoms with Gasteiger partial charge < -0.3 is 0 Å². The lowest BCUT2D eigenvalue weighted by Crippen LogP contribution is -2.38. The molecular weight excluding hydrogens is 937 g/mol. The highest BCUT2D eigenvalue weighted by Gasteiger charge is 2.31. The van der Waals surface area contributed by atoms with Gasteiger partial charge in [0.2, 0.25) is 40.1 Å². The number of hydrogen-bond donors (Lipinski definition) is 0. The molecular formula is C52H60N4O8S4. The van der Waals surface area contributed by atoms with Gasteiger partial charge in [0.1, 0.15) is 0 Å². The quantitative estimate of drug-likeness (QED) is 0.147. The van der Waals surface area contributed by atoms with Gasteiger partial charge in [0.15, 0.2) is 0 Å². The van der Waals surface area contributed by atoms with E-state index in [9.17, 15) is 33.7 Å². The van der Waals surface area contributed by atoms with Crippen LogP contribution in [-0.4, -0.2) is 90.2 Å². The molecule has 0 radical (unpaired) electrons. The van der Waals surface area contributed by atoms with Crippen LogP contribution in [0.5, 0.6) is 0 Å². The Morgan fingerprint density at radius 1 is 0.294 bits per heavy atom. The molecule has 0 atom stereocenters. The minimum Gasteiger partial charge on any atom is -0.207 e. The van der Waals surface area contributed by atoms with E-state index in [1.54, 1.807) is 97.1 Å². The Hall–Kier alpha value is -5.04. The topological polar surface area (TPSA) is 150 Å². The Balaban J connectivity index is 1.33. The number of sulfonamides is 4. The number of nitrogens with zero attached hydrogens (tertiary/aromatic N) is 4. The number of hydrogen-bond acceptors (Lipinski definition) is 8. The van der Waals surface area contributed by atoms with Crippen LogP contribution in [0.3, 0.4) is 0 Å². The van der Waals surface area contributed by atoms with E-state index in [0.29, 0.717) is 22.3 Å². The molecule has 1 heterocycles. The van der Waals surface area contributed by atoms with E-state index in [0.717, 1.165) is 22.3 Å². The molecule has 12 nitrogen and oxygen atoms in total. The van der Waals surface area contributed by atoms with E-state index in [2.05, 4.69) is 0 Å². The zero-order valence-corrected chi connectivity index (χ0v) is 42.3. The van der Waals surface area contributed by atoms with Crippen LogP contribution >= 0.6 is 0 Å². The van der Waals surface area contributed by atoms with E-state index in [1.165, 1.54) is 17.2 Å². The summed E-state index contributed by atoms with van der Waals surface area (Å²) in [6, 6.07) is 41.2.